The highest BCUT2D eigenvalue weighted by Gasteiger charge is 1.96. The summed E-state index contributed by atoms with van der Waals surface area (Å²) in [5.41, 5.74) is 1.39. The highest BCUT2D eigenvalue weighted by atomic mass is 32.2. The summed E-state index contributed by atoms with van der Waals surface area (Å²) in [6.45, 7) is 6.76. The fourth-order valence-electron chi connectivity index (χ4n) is 2.13. The van der Waals surface area contributed by atoms with E-state index >= 15 is 0 Å². The van der Waals surface area contributed by atoms with Gasteiger partial charge in [-0.25, -0.2) is 0 Å². The second kappa shape index (κ2) is 10.3. The number of unbranched alkanes of at least 4 members (excludes halogenated alkanes) is 3. The number of hydrogen-bond donors (Lipinski definition) is 1. The maximum absolute atomic E-state index is 3.53. The Kier molecular flexibility index (Phi) is 9.02. The van der Waals surface area contributed by atoms with Crippen LogP contribution in [0.1, 0.15) is 51.5 Å². The molecule has 0 heterocycles. The van der Waals surface area contributed by atoms with Gasteiger partial charge in [0.25, 0.3) is 0 Å². The Labute approximate surface area is 123 Å². The molecule has 1 aromatic carbocycles. The van der Waals surface area contributed by atoms with Gasteiger partial charge in [-0.3, -0.25) is 0 Å². The lowest BCUT2D eigenvalue weighted by Gasteiger charge is -2.06. The van der Waals surface area contributed by atoms with Crippen LogP contribution in [0.25, 0.3) is 0 Å². The van der Waals surface area contributed by atoms with Crippen molar-refractivity contribution in [2.24, 2.45) is 5.92 Å². The van der Waals surface area contributed by atoms with Crippen LogP contribution in [0.15, 0.2) is 29.2 Å². The molecule has 0 saturated carbocycles. The number of hydrogen-bond acceptors (Lipinski definition) is 2. The molecule has 1 nitrogen and oxygen atoms in total. The molecule has 1 aromatic rings. The molecule has 1 rings (SSSR count). The smallest absolute Gasteiger partial charge is 0.0205 e. The number of rotatable bonds is 10. The lowest BCUT2D eigenvalue weighted by molar-refractivity contribution is 0.512. The SMILES string of the molecule is CSc1ccc(CNCCCCCCC(C)C)cc1. The van der Waals surface area contributed by atoms with Gasteiger partial charge in [-0.2, -0.15) is 0 Å². The summed E-state index contributed by atoms with van der Waals surface area (Å²) in [5, 5.41) is 3.53. The molecule has 0 saturated heterocycles. The zero-order valence-corrected chi connectivity index (χ0v) is 13.6. The van der Waals surface area contributed by atoms with Crippen LogP contribution in [0.5, 0.6) is 0 Å². The minimum absolute atomic E-state index is 0.863. The van der Waals surface area contributed by atoms with Crippen LogP contribution in [0.4, 0.5) is 0 Å². The van der Waals surface area contributed by atoms with Gasteiger partial charge in [-0.15, -0.1) is 11.8 Å². The van der Waals surface area contributed by atoms with Gasteiger partial charge in [0.2, 0.25) is 0 Å². The minimum atomic E-state index is 0.863. The van der Waals surface area contributed by atoms with E-state index in [-0.39, 0.29) is 0 Å². The maximum Gasteiger partial charge on any atom is 0.0205 e. The first-order chi connectivity index (χ1) is 9.22. The van der Waals surface area contributed by atoms with Crippen LogP contribution < -0.4 is 5.32 Å². The average molecular weight is 279 g/mol. The van der Waals surface area contributed by atoms with Crippen LogP contribution in [0.3, 0.4) is 0 Å². The zero-order valence-electron chi connectivity index (χ0n) is 12.7. The fraction of sp³-hybridized carbons (Fsp3) is 0.647. The summed E-state index contributed by atoms with van der Waals surface area (Å²) in [7, 11) is 0. The maximum atomic E-state index is 3.53. The van der Waals surface area contributed by atoms with Gasteiger partial charge in [-0.1, -0.05) is 51.7 Å². The summed E-state index contributed by atoms with van der Waals surface area (Å²) < 4.78 is 0. The van der Waals surface area contributed by atoms with E-state index in [1.54, 1.807) is 11.8 Å². The van der Waals surface area contributed by atoms with Gasteiger partial charge in [0, 0.05) is 11.4 Å². The van der Waals surface area contributed by atoms with Crippen molar-refractivity contribution in [3.05, 3.63) is 29.8 Å². The average Bonchev–Trinajstić information content (AvgIpc) is 2.42. The summed E-state index contributed by atoms with van der Waals surface area (Å²) in [5.74, 6) is 0.863. The molecule has 2 heteroatoms. The fourth-order valence-corrected chi connectivity index (χ4v) is 2.54. The minimum Gasteiger partial charge on any atom is -0.313 e. The third kappa shape index (κ3) is 8.33. The van der Waals surface area contributed by atoms with Crippen molar-refractivity contribution in [2.75, 3.05) is 12.8 Å². The van der Waals surface area contributed by atoms with E-state index in [1.165, 1.54) is 42.6 Å². The molecule has 0 aromatic heterocycles. The van der Waals surface area contributed by atoms with Crippen molar-refractivity contribution in [3.8, 4) is 0 Å². The molecule has 0 unspecified atom stereocenters. The lowest BCUT2D eigenvalue weighted by Crippen LogP contribution is -2.14. The van der Waals surface area contributed by atoms with Gasteiger partial charge in [-0.05, 0) is 42.8 Å². The molecule has 0 spiro atoms. The first-order valence-corrected chi connectivity index (χ1v) is 8.78. The van der Waals surface area contributed by atoms with Crippen molar-refractivity contribution < 1.29 is 0 Å². The quantitative estimate of drug-likeness (QED) is 0.472. The lowest BCUT2D eigenvalue weighted by atomic mass is 10.0. The third-order valence-corrected chi connectivity index (χ3v) is 4.12. The Morgan fingerprint density at radius 1 is 1.00 bits per heavy atom. The molecule has 1 N–H and O–H groups in total. The molecule has 0 radical (unpaired) electrons. The van der Waals surface area contributed by atoms with E-state index in [9.17, 15) is 0 Å². The van der Waals surface area contributed by atoms with Gasteiger partial charge in [0.1, 0.15) is 0 Å². The van der Waals surface area contributed by atoms with Crippen molar-refractivity contribution in [2.45, 2.75) is 57.4 Å². The molecular weight excluding hydrogens is 250 g/mol. The van der Waals surface area contributed by atoms with Crippen molar-refractivity contribution in [1.29, 1.82) is 0 Å². The van der Waals surface area contributed by atoms with Gasteiger partial charge in [0.05, 0.1) is 0 Å². The Morgan fingerprint density at radius 3 is 2.32 bits per heavy atom. The monoisotopic (exact) mass is 279 g/mol. The highest BCUT2D eigenvalue weighted by Crippen LogP contribution is 2.14. The summed E-state index contributed by atoms with van der Waals surface area (Å²) in [4.78, 5) is 1.34. The highest BCUT2D eigenvalue weighted by molar-refractivity contribution is 7.98. The molecule has 0 bridgehead atoms. The summed E-state index contributed by atoms with van der Waals surface area (Å²) >= 11 is 1.80. The van der Waals surface area contributed by atoms with E-state index in [0.717, 1.165) is 19.0 Å². The van der Waals surface area contributed by atoms with Gasteiger partial charge < -0.3 is 5.32 Å². The number of benzene rings is 1. The predicted octanol–water partition coefficient (Wildman–Crippen LogP) is 5.10. The molecule has 19 heavy (non-hydrogen) atoms. The standard InChI is InChI=1S/C17H29NS/c1-15(2)8-6-4-5-7-13-18-14-16-9-11-17(19-3)12-10-16/h9-12,15,18H,4-8,13-14H2,1-3H3. The zero-order chi connectivity index (χ0) is 13.9. The van der Waals surface area contributed by atoms with Crippen molar-refractivity contribution >= 4 is 11.8 Å². The first kappa shape index (κ1) is 16.6. The third-order valence-electron chi connectivity index (χ3n) is 3.37. The second-order valence-corrected chi connectivity index (χ2v) is 6.50. The molecule has 0 aliphatic carbocycles. The van der Waals surface area contributed by atoms with Crippen LogP contribution in [0, 0.1) is 5.92 Å². The van der Waals surface area contributed by atoms with E-state index in [2.05, 4.69) is 49.7 Å². The van der Waals surface area contributed by atoms with Crippen molar-refractivity contribution in [3.63, 3.8) is 0 Å². The largest absolute Gasteiger partial charge is 0.313 e. The Hall–Kier alpha value is -0.470. The van der Waals surface area contributed by atoms with E-state index < -0.39 is 0 Å². The summed E-state index contributed by atoms with van der Waals surface area (Å²) in [6, 6.07) is 8.85. The Balaban J connectivity index is 1.98. The molecule has 108 valence electrons. The Morgan fingerprint density at radius 2 is 1.68 bits per heavy atom. The number of nitrogens with one attached hydrogen (secondary N) is 1. The molecular formula is C17H29NS. The Bertz CT molecular complexity index is 319. The van der Waals surface area contributed by atoms with E-state index in [4.69, 9.17) is 0 Å². The topological polar surface area (TPSA) is 12.0 Å². The normalized spacial score (nSPS) is 11.2. The first-order valence-electron chi connectivity index (χ1n) is 7.56. The molecule has 0 atom stereocenters. The van der Waals surface area contributed by atoms with Crippen LogP contribution in [0.2, 0.25) is 0 Å². The van der Waals surface area contributed by atoms with Gasteiger partial charge in [0.15, 0.2) is 0 Å². The second-order valence-electron chi connectivity index (χ2n) is 5.62. The molecule has 0 aliphatic rings. The van der Waals surface area contributed by atoms with Crippen LogP contribution in [-0.2, 0) is 6.54 Å². The molecule has 0 aliphatic heterocycles. The van der Waals surface area contributed by atoms with Crippen LogP contribution >= 0.6 is 11.8 Å². The predicted molar refractivity (Wildman–Crippen MR) is 87.9 cm³/mol. The number of thioether (sulfide) groups is 1. The molecule has 0 amide bonds. The molecule has 0 fully saturated rings. The van der Waals surface area contributed by atoms with Crippen molar-refractivity contribution in [1.82, 2.24) is 5.32 Å². The summed E-state index contributed by atoms with van der Waals surface area (Å²) in [6.07, 6.45) is 8.96. The van der Waals surface area contributed by atoms with E-state index in [1.807, 2.05) is 0 Å². The van der Waals surface area contributed by atoms with E-state index in [0.29, 0.717) is 0 Å². The van der Waals surface area contributed by atoms with Crippen LogP contribution in [-0.4, -0.2) is 12.8 Å². The van der Waals surface area contributed by atoms with Gasteiger partial charge >= 0.3 is 0 Å².